The van der Waals surface area contributed by atoms with Crippen LogP contribution in [0.5, 0.6) is 0 Å². The van der Waals surface area contributed by atoms with Crippen LogP contribution in [0.25, 0.3) is 0 Å². The lowest BCUT2D eigenvalue weighted by Gasteiger charge is -2.53. The molecule has 4 unspecified atom stereocenters. The number of carbonyl (C=O) groups is 1. The molecule has 0 aliphatic carbocycles. The lowest BCUT2D eigenvalue weighted by Crippen LogP contribution is -2.69. The average molecular weight is 270 g/mol. The average Bonchev–Trinajstić information content (AvgIpc) is 2.34. The summed E-state index contributed by atoms with van der Waals surface area (Å²) < 4.78 is 17.3. The Morgan fingerprint density at radius 1 is 1.32 bits per heavy atom. The quantitative estimate of drug-likeness (QED) is 0.721. The second-order valence-corrected chi connectivity index (χ2v) is 7.42. The number of fused-ring (bicyclic) bond motifs is 1. The highest BCUT2D eigenvalue weighted by Crippen LogP contribution is 2.57. The molecule has 0 spiro atoms. The fraction of sp³-hybridized carbons (Fsp3) is 0.929. The molecule has 0 aromatic heterocycles. The van der Waals surface area contributed by atoms with Crippen molar-refractivity contribution in [2.45, 2.75) is 76.7 Å². The van der Waals surface area contributed by atoms with Gasteiger partial charge in [0.15, 0.2) is 0 Å². The van der Waals surface area contributed by atoms with Crippen molar-refractivity contribution in [2.75, 3.05) is 0 Å². The number of carbonyl (C=O) groups excluding carboxylic acids is 1. The van der Waals surface area contributed by atoms with Crippen molar-refractivity contribution < 1.29 is 24.1 Å². The summed E-state index contributed by atoms with van der Waals surface area (Å²) in [5.41, 5.74) is -1.76. The molecule has 0 radical (unpaired) electrons. The smallest absolute Gasteiger partial charge is 0.311 e. The molecule has 6 atom stereocenters. The third-order valence-corrected chi connectivity index (χ3v) is 4.60. The zero-order valence-corrected chi connectivity index (χ0v) is 12.1. The minimum Gasteiger partial charge on any atom is -0.459 e. The van der Waals surface area contributed by atoms with Gasteiger partial charge < -0.3 is 19.3 Å². The number of aliphatic hydroxyl groups is 1. The first-order chi connectivity index (χ1) is 8.58. The van der Waals surface area contributed by atoms with E-state index in [0.717, 1.165) is 0 Å². The summed E-state index contributed by atoms with van der Waals surface area (Å²) in [7, 11) is 0. The second kappa shape index (κ2) is 3.51. The topological polar surface area (TPSA) is 65.0 Å². The Morgan fingerprint density at radius 2 is 1.95 bits per heavy atom. The number of esters is 1. The fourth-order valence-electron chi connectivity index (χ4n) is 3.45. The normalized spacial score (nSPS) is 51.7. The Labute approximate surface area is 113 Å². The van der Waals surface area contributed by atoms with E-state index in [-0.39, 0.29) is 24.3 Å². The minimum atomic E-state index is -0.685. The van der Waals surface area contributed by atoms with Gasteiger partial charge in [0, 0.05) is 6.42 Å². The Hall–Kier alpha value is -0.650. The Balaban J connectivity index is 1.82. The van der Waals surface area contributed by atoms with E-state index < -0.39 is 22.7 Å². The van der Waals surface area contributed by atoms with Gasteiger partial charge in [-0.25, -0.2) is 0 Å². The van der Waals surface area contributed by atoms with Crippen molar-refractivity contribution in [3.8, 4) is 0 Å². The summed E-state index contributed by atoms with van der Waals surface area (Å²) in [4.78, 5) is 12.0. The van der Waals surface area contributed by atoms with Gasteiger partial charge in [-0.05, 0) is 34.6 Å². The zero-order valence-electron chi connectivity index (χ0n) is 12.1. The lowest BCUT2D eigenvalue weighted by atomic mass is 9.83. The van der Waals surface area contributed by atoms with Crippen LogP contribution >= 0.6 is 0 Å². The van der Waals surface area contributed by atoms with Gasteiger partial charge in [-0.1, -0.05) is 0 Å². The first-order valence-electron chi connectivity index (χ1n) is 6.83. The van der Waals surface area contributed by atoms with Crippen molar-refractivity contribution in [3.63, 3.8) is 0 Å². The maximum Gasteiger partial charge on any atom is 0.311 e. The van der Waals surface area contributed by atoms with Crippen LogP contribution in [0, 0.1) is 5.41 Å². The number of hydrogen-bond donors (Lipinski definition) is 1. The van der Waals surface area contributed by atoms with Gasteiger partial charge in [0.1, 0.15) is 30.0 Å². The summed E-state index contributed by atoms with van der Waals surface area (Å²) in [6.45, 7) is 9.26. The predicted octanol–water partition coefficient (Wildman–Crippen LogP) is 1.02. The number of hydrogen-bond acceptors (Lipinski definition) is 5. The van der Waals surface area contributed by atoms with E-state index in [1.807, 2.05) is 34.6 Å². The minimum absolute atomic E-state index is 0.243. The number of aliphatic hydroxyl groups excluding tert-OH is 1. The van der Waals surface area contributed by atoms with Crippen LogP contribution in [0.2, 0.25) is 0 Å². The summed E-state index contributed by atoms with van der Waals surface area (Å²) >= 11 is 0. The molecule has 3 heterocycles. The Kier molecular flexibility index (Phi) is 2.46. The number of ether oxygens (including phenoxy) is 3. The van der Waals surface area contributed by atoms with Gasteiger partial charge in [-0.3, -0.25) is 4.79 Å². The molecule has 19 heavy (non-hydrogen) atoms. The van der Waals surface area contributed by atoms with Gasteiger partial charge in [0.25, 0.3) is 0 Å². The molecule has 3 aliphatic heterocycles. The standard InChI is InChI=1S/C14H22O5/c1-12(2,3)11(16)17-7-6-13(4)8(15)10-14(5,19-13)9(7)18-10/h7-10,15H,6H2,1-5H3/t7-,8-,9?,10?,13?,14?/m1/s1. The Bertz CT molecular complexity index is 420. The summed E-state index contributed by atoms with van der Waals surface area (Å²) in [6.07, 6.45) is -1.10. The molecular weight excluding hydrogens is 248 g/mol. The van der Waals surface area contributed by atoms with E-state index in [4.69, 9.17) is 14.2 Å². The van der Waals surface area contributed by atoms with Crippen molar-refractivity contribution in [2.24, 2.45) is 5.41 Å². The third-order valence-electron chi connectivity index (χ3n) is 4.60. The lowest BCUT2D eigenvalue weighted by molar-refractivity contribution is -0.327. The van der Waals surface area contributed by atoms with Gasteiger partial charge in [-0.15, -0.1) is 0 Å². The molecule has 3 saturated heterocycles. The molecule has 3 fully saturated rings. The van der Waals surface area contributed by atoms with Gasteiger partial charge in [0.05, 0.1) is 11.0 Å². The van der Waals surface area contributed by atoms with E-state index in [0.29, 0.717) is 6.42 Å². The maximum atomic E-state index is 12.0. The van der Waals surface area contributed by atoms with Gasteiger partial charge in [-0.2, -0.15) is 0 Å². The SMILES string of the molecule is CC(C)(C)C(=O)O[C@@H]1CC2(C)OC3(C)C(OC13)[C@H]2O. The molecular formula is C14H22O5. The highest BCUT2D eigenvalue weighted by atomic mass is 16.7. The maximum absolute atomic E-state index is 12.0. The van der Waals surface area contributed by atoms with Crippen LogP contribution < -0.4 is 0 Å². The van der Waals surface area contributed by atoms with Crippen LogP contribution in [0.1, 0.15) is 41.0 Å². The molecule has 5 nitrogen and oxygen atoms in total. The Morgan fingerprint density at radius 3 is 2.53 bits per heavy atom. The monoisotopic (exact) mass is 270 g/mol. The molecule has 1 N–H and O–H groups in total. The van der Waals surface area contributed by atoms with Gasteiger partial charge >= 0.3 is 5.97 Å². The van der Waals surface area contributed by atoms with Crippen LogP contribution in [0.3, 0.4) is 0 Å². The van der Waals surface area contributed by atoms with E-state index in [2.05, 4.69) is 0 Å². The molecule has 5 heteroatoms. The van der Waals surface area contributed by atoms with Crippen LogP contribution in [-0.2, 0) is 19.0 Å². The first-order valence-corrected chi connectivity index (χ1v) is 6.83. The van der Waals surface area contributed by atoms with Gasteiger partial charge in [0.2, 0.25) is 0 Å². The van der Waals surface area contributed by atoms with Crippen molar-refractivity contribution >= 4 is 5.97 Å². The van der Waals surface area contributed by atoms with Crippen molar-refractivity contribution in [1.82, 2.24) is 0 Å². The van der Waals surface area contributed by atoms with Crippen LogP contribution in [-0.4, -0.2) is 46.7 Å². The zero-order chi connectivity index (χ0) is 14.2. The summed E-state index contributed by atoms with van der Waals surface area (Å²) in [5.74, 6) is -0.243. The molecule has 3 aliphatic rings. The van der Waals surface area contributed by atoms with Crippen LogP contribution in [0.15, 0.2) is 0 Å². The predicted molar refractivity (Wildman–Crippen MR) is 66.5 cm³/mol. The molecule has 108 valence electrons. The van der Waals surface area contributed by atoms with E-state index in [1.54, 1.807) is 0 Å². The van der Waals surface area contributed by atoms with E-state index in [9.17, 15) is 9.90 Å². The summed E-state index contributed by atoms with van der Waals surface area (Å²) in [5, 5.41) is 10.3. The molecule has 3 rings (SSSR count). The fourth-order valence-corrected chi connectivity index (χ4v) is 3.45. The first kappa shape index (κ1) is 13.3. The number of rotatable bonds is 1. The molecule has 0 amide bonds. The molecule has 0 saturated carbocycles. The van der Waals surface area contributed by atoms with Crippen molar-refractivity contribution in [3.05, 3.63) is 0 Å². The van der Waals surface area contributed by atoms with Crippen molar-refractivity contribution in [1.29, 1.82) is 0 Å². The highest BCUT2D eigenvalue weighted by molar-refractivity contribution is 5.75. The second-order valence-electron chi connectivity index (χ2n) is 7.42. The third kappa shape index (κ3) is 1.61. The highest BCUT2D eigenvalue weighted by Gasteiger charge is 2.75. The molecule has 2 bridgehead atoms. The summed E-state index contributed by atoms with van der Waals surface area (Å²) in [6, 6.07) is 0. The molecule has 0 aromatic carbocycles. The van der Waals surface area contributed by atoms with Crippen LogP contribution in [0.4, 0.5) is 0 Å². The largest absolute Gasteiger partial charge is 0.459 e. The van der Waals surface area contributed by atoms with E-state index in [1.165, 1.54) is 0 Å². The van der Waals surface area contributed by atoms with E-state index >= 15 is 0 Å². The molecule has 0 aromatic rings.